The van der Waals surface area contributed by atoms with Crippen LogP contribution in [0.1, 0.15) is 65.4 Å². The quantitative estimate of drug-likeness (QED) is 0.878. The van der Waals surface area contributed by atoms with Gasteiger partial charge in [0.15, 0.2) is 0 Å². The van der Waals surface area contributed by atoms with E-state index in [1.807, 2.05) is 6.07 Å². The van der Waals surface area contributed by atoms with E-state index in [0.29, 0.717) is 6.42 Å². The minimum atomic E-state index is -0.730. The Labute approximate surface area is 140 Å². The topological polar surface area (TPSA) is 53.6 Å². The third-order valence-electron chi connectivity index (χ3n) is 7.20. The predicted octanol–water partition coefficient (Wildman–Crippen LogP) is 4.18. The molecular formula is C20H32O3. The Morgan fingerprint density at radius 3 is 2.65 bits per heavy atom. The fourth-order valence-electron chi connectivity index (χ4n) is 6.07. The van der Waals surface area contributed by atoms with Gasteiger partial charge < -0.3 is 14.6 Å². The summed E-state index contributed by atoms with van der Waals surface area (Å²) in [6.45, 7) is 8.88. The Kier molecular flexibility index (Phi) is 4.17. The minimum Gasteiger partial charge on any atom is -0.472 e. The molecule has 0 bridgehead atoms. The summed E-state index contributed by atoms with van der Waals surface area (Å²) in [6.07, 6.45) is 8.71. The molecule has 3 rings (SSSR count). The lowest BCUT2D eigenvalue weighted by Crippen LogP contribution is -2.66. The first-order valence-corrected chi connectivity index (χ1v) is 9.12. The molecule has 3 nitrogen and oxygen atoms in total. The second-order valence-electron chi connectivity index (χ2n) is 9.00. The molecule has 2 saturated carbocycles. The van der Waals surface area contributed by atoms with Crippen LogP contribution in [0.25, 0.3) is 0 Å². The number of aliphatic hydroxyl groups excluding tert-OH is 1. The SMILES string of the molecule is C[C@H]1C[C@@H](O)[C@H]2C(C)(C)CCC[C@]2(C)[C@@]1(O)CCc1ccoc1. The Bertz CT molecular complexity index is 535. The van der Waals surface area contributed by atoms with Gasteiger partial charge in [-0.2, -0.15) is 0 Å². The first kappa shape index (κ1) is 17.0. The van der Waals surface area contributed by atoms with Crippen LogP contribution < -0.4 is 0 Å². The molecule has 3 heteroatoms. The van der Waals surface area contributed by atoms with Crippen LogP contribution in [0.2, 0.25) is 0 Å². The van der Waals surface area contributed by atoms with Crippen LogP contribution in [0.3, 0.4) is 0 Å². The molecular weight excluding hydrogens is 288 g/mol. The Morgan fingerprint density at radius 2 is 2.00 bits per heavy atom. The van der Waals surface area contributed by atoms with Gasteiger partial charge in [-0.05, 0) is 61.0 Å². The van der Waals surface area contributed by atoms with Gasteiger partial charge in [0, 0.05) is 5.41 Å². The number of aryl methyl sites for hydroxylation is 1. The fraction of sp³-hybridized carbons (Fsp3) is 0.800. The van der Waals surface area contributed by atoms with Gasteiger partial charge >= 0.3 is 0 Å². The standard InChI is InChI=1S/C20H32O3/c1-14-12-16(21)17-18(2,3)8-5-9-19(17,4)20(14,22)10-6-15-7-11-23-13-15/h7,11,13-14,16-17,21-22H,5-6,8-10,12H2,1-4H3/t14-,16+,17-,19-,20+/m0/s1. The van der Waals surface area contributed by atoms with Gasteiger partial charge in [0.05, 0.1) is 24.2 Å². The lowest BCUT2D eigenvalue weighted by Gasteiger charge is -2.64. The molecule has 1 aromatic heterocycles. The van der Waals surface area contributed by atoms with E-state index in [-0.39, 0.29) is 28.8 Å². The third kappa shape index (κ3) is 2.56. The molecule has 2 N–H and O–H groups in total. The van der Waals surface area contributed by atoms with Crippen molar-refractivity contribution in [2.45, 2.75) is 77.9 Å². The molecule has 2 aliphatic carbocycles. The van der Waals surface area contributed by atoms with E-state index >= 15 is 0 Å². The molecule has 0 spiro atoms. The van der Waals surface area contributed by atoms with Crippen molar-refractivity contribution in [3.63, 3.8) is 0 Å². The van der Waals surface area contributed by atoms with Crippen molar-refractivity contribution in [1.82, 2.24) is 0 Å². The summed E-state index contributed by atoms with van der Waals surface area (Å²) in [4.78, 5) is 0. The molecule has 0 aromatic carbocycles. The minimum absolute atomic E-state index is 0.0795. The molecule has 0 aliphatic heterocycles. The number of furan rings is 1. The molecule has 1 aromatic rings. The van der Waals surface area contributed by atoms with E-state index in [2.05, 4.69) is 27.7 Å². The zero-order valence-electron chi connectivity index (χ0n) is 15.0. The number of aliphatic hydroxyl groups is 2. The summed E-state index contributed by atoms with van der Waals surface area (Å²) in [5.41, 5.74) is 0.268. The van der Waals surface area contributed by atoms with Gasteiger partial charge in [-0.15, -0.1) is 0 Å². The summed E-state index contributed by atoms with van der Waals surface area (Å²) in [5.74, 6) is 0.272. The molecule has 0 amide bonds. The van der Waals surface area contributed by atoms with Crippen LogP contribution in [0.15, 0.2) is 23.0 Å². The molecule has 130 valence electrons. The van der Waals surface area contributed by atoms with Gasteiger partial charge in [0.2, 0.25) is 0 Å². The van der Waals surface area contributed by atoms with Crippen molar-refractivity contribution < 1.29 is 14.6 Å². The Hall–Kier alpha value is -0.800. The fourth-order valence-corrected chi connectivity index (χ4v) is 6.07. The third-order valence-corrected chi connectivity index (χ3v) is 7.20. The summed E-state index contributed by atoms with van der Waals surface area (Å²) in [5, 5.41) is 22.6. The first-order chi connectivity index (χ1) is 10.7. The maximum atomic E-state index is 11.8. The lowest BCUT2D eigenvalue weighted by molar-refractivity contribution is -0.244. The zero-order valence-corrected chi connectivity index (χ0v) is 15.0. The van der Waals surface area contributed by atoms with Gasteiger partial charge in [-0.25, -0.2) is 0 Å². The highest BCUT2D eigenvalue weighted by atomic mass is 16.3. The highest BCUT2D eigenvalue weighted by Crippen LogP contribution is 2.63. The van der Waals surface area contributed by atoms with Crippen molar-refractivity contribution in [2.75, 3.05) is 0 Å². The summed E-state index contributed by atoms with van der Waals surface area (Å²) in [6, 6.07) is 1.98. The van der Waals surface area contributed by atoms with E-state index in [0.717, 1.165) is 37.7 Å². The lowest BCUT2D eigenvalue weighted by atomic mass is 9.43. The number of fused-ring (bicyclic) bond motifs is 1. The Balaban J connectivity index is 1.93. The summed E-state index contributed by atoms with van der Waals surface area (Å²) < 4.78 is 5.17. The molecule has 0 saturated heterocycles. The van der Waals surface area contributed by atoms with Crippen LogP contribution in [-0.2, 0) is 6.42 Å². The predicted molar refractivity (Wildman–Crippen MR) is 91.0 cm³/mol. The average Bonchev–Trinajstić information content (AvgIpc) is 2.95. The van der Waals surface area contributed by atoms with E-state index in [4.69, 9.17) is 4.42 Å². The first-order valence-electron chi connectivity index (χ1n) is 9.12. The summed E-state index contributed by atoms with van der Waals surface area (Å²) in [7, 11) is 0. The van der Waals surface area contributed by atoms with Crippen LogP contribution >= 0.6 is 0 Å². The van der Waals surface area contributed by atoms with Crippen molar-refractivity contribution >= 4 is 0 Å². The monoisotopic (exact) mass is 320 g/mol. The molecule has 1 heterocycles. The van der Waals surface area contributed by atoms with Crippen molar-refractivity contribution in [3.05, 3.63) is 24.2 Å². The van der Waals surface area contributed by atoms with E-state index < -0.39 is 5.60 Å². The maximum absolute atomic E-state index is 11.8. The van der Waals surface area contributed by atoms with Crippen molar-refractivity contribution in [2.24, 2.45) is 22.7 Å². The van der Waals surface area contributed by atoms with E-state index in [9.17, 15) is 10.2 Å². The maximum Gasteiger partial charge on any atom is 0.0934 e. The van der Waals surface area contributed by atoms with Crippen LogP contribution in [0.4, 0.5) is 0 Å². The van der Waals surface area contributed by atoms with Crippen LogP contribution in [-0.4, -0.2) is 21.9 Å². The van der Waals surface area contributed by atoms with Crippen LogP contribution in [0, 0.1) is 22.7 Å². The van der Waals surface area contributed by atoms with Gasteiger partial charge in [0.25, 0.3) is 0 Å². The van der Waals surface area contributed by atoms with Gasteiger partial charge in [0.1, 0.15) is 0 Å². The smallest absolute Gasteiger partial charge is 0.0934 e. The molecule has 2 aliphatic rings. The summed E-state index contributed by atoms with van der Waals surface area (Å²) >= 11 is 0. The van der Waals surface area contributed by atoms with E-state index in [1.165, 1.54) is 0 Å². The number of rotatable bonds is 3. The highest BCUT2D eigenvalue weighted by Gasteiger charge is 2.63. The molecule has 23 heavy (non-hydrogen) atoms. The molecule has 2 fully saturated rings. The van der Waals surface area contributed by atoms with Crippen LogP contribution in [0.5, 0.6) is 0 Å². The van der Waals surface area contributed by atoms with Gasteiger partial charge in [-0.1, -0.05) is 34.1 Å². The second-order valence-corrected chi connectivity index (χ2v) is 9.00. The molecule has 5 atom stereocenters. The molecule has 0 unspecified atom stereocenters. The normalized spacial score (nSPS) is 43.1. The van der Waals surface area contributed by atoms with Crippen molar-refractivity contribution in [1.29, 1.82) is 0 Å². The van der Waals surface area contributed by atoms with Gasteiger partial charge in [-0.3, -0.25) is 0 Å². The highest BCUT2D eigenvalue weighted by molar-refractivity contribution is 5.15. The molecule has 0 radical (unpaired) electrons. The Morgan fingerprint density at radius 1 is 1.26 bits per heavy atom. The zero-order chi connectivity index (χ0) is 16.9. The number of hydrogen-bond donors (Lipinski definition) is 2. The largest absolute Gasteiger partial charge is 0.472 e. The average molecular weight is 320 g/mol. The van der Waals surface area contributed by atoms with E-state index in [1.54, 1.807) is 12.5 Å². The second kappa shape index (κ2) is 5.63. The van der Waals surface area contributed by atoms with Crippen molar-refractivity contribution in [3.8, 4) is 0 Å². The number of hydrogen-bond acceptors (Lipinski definition) is 3.